The molecule has 176 valence electrons. The van der Waals surface area contributed by atoms with E-state index in [9.17, 15) is 9.59 Å². The molecule has 1 atom stereocenters. The van der Waals surface area contributed by atoms with Crippen LogP contribution in [0.25, 0.3) is 21.3 Å². The predicted octanol–water partition coefficient (Wildman–Crippen LogP) is 4.29. The maximum absolute atomic E-state index is 12.4. The van der Waals surface area contributed by atoms with Crippen molar-refractivity contribution in [3.8, 4) is 0 Å². The second-order valence-corrected chi connectivity index (χ2v) is 11.0. The number of aromatic amines is 1. The molecule has 34 heavy (non-hydrogen) atoms. The van der Waals surface area contributed by atoms with Gasteiger partial charge in [-0.25, -0.2) is 9.97 Å². The Kier molecular flexibility index (Phi) is 7.33. The Labute approximate surface area is 208 Å². The average molecular weight is 514 g/mol. The highest BCUT2D eigenvalue weighted by Crippen LogP contribution is 2.31. The number of anilines is 1. The number of H-pyrrole nitrogens is 1. The SMILES string of the molecule is O=C(CSc1nc2ccc(NC(=O)CSc3nc4ccccc4[nH]3)cc2s1)NCC1CCCO1. The molecule has 1 aliphatic heterocycles. The zero-order valence-electron chi connectivity index (χ0n) is 18.2. The maximum Gasteiger partial charge on any atom is 0.234 e. The summed E-state index contributed by atoms with van der Waals surface area (Å²) >= 11 is 4.29. The molecule has 1 aliphatic rings. The summed E-state index contributed by atoms with van der Waals surface area (Å²) in [6, 6.07) is 13.4. The van der Waals surface area contributed by atoms with Crippen molar-refractivity contribution in [2.45, 2.75) is 28.4 Å². The van der Waals surface area contributed by atoms with E-state index in [-0.39, 0.29) is 23.7 Å². The molecule has 1 unspecified atom stereocenters. The van der Waals surface area contributed by atoms with Crippen molar-refractivity contribution in [2.24, 2.45) is 0 Å². The number of hydrogen-bond donors (Lipinski definition) is 3. The molecule has 3 N–H and O–H groups in total. The van der Waals surface area contributed by atoms with Crippen molar-refractivity contribution < 1.29 is 14.3 Å². The largest absolute Gasteiger partial charge is 0.376 e. The molecule has 2 aromatic heterocycles. The lowest BCUT2D eigenvalue weighted by Crippen LogP contribution is -2.32. The van der Waals surface area contributed by atoms with Crippen molar-refractivity contribution in [1.29, 1.82) is 0 Å². The van der Waals surface area contributed by atoms with E-state index in [0.29, 0.717) is 12.3 Å². The Bertz CT molecular complexity index is 1280. The van der Waals surface area contributed by atoms with E-state index in [4.69, 9.17) is 4.74 Å². The number of amides is 2. The van der Waals surface area contributed by atoms with Gasteiger partial charge in [-0.2, -0.15) is 0 Å². The number of ether oxygens (including phenoxy) is 1. The minimum atomic E-state index is -0.105. The first-order chi connectivity index (χ1) is 16.6. The van der Waals surface area contributed by atoms with Crippen LogP contribution in [0.4, 0.5) is 5.69 Å². The van der Waals surface area contributed by atoms with E-state index in [1.165, 1.54) is 34.9 Å². The lowest BCUT2D eigenvalue weighted by molar-refractivity contribution is -0.119. The highest BCUT2D eigenvalue weighted by Gasteiger charge is 2.16. The summed E-state index contributed by atoms with van der Waals surface area (Å²) in [5.41, 5.74) is 3.41. The number of nitrogens with zero attached hydrogens (tertiary/aromatic N) is 2. The van der Waals surface area contributed by atoms with Gasteiger partial charge in [0.25, 0.3) is 0 Å². The highest BCUT2D eigenvalue weighted by molar-refractivity contribution is 8.01. The van der Waals surface area contributed by atoms with Gasteiger partial charge in [-0.05, 0) is 43.2 Å². The number of nitrogens with one attached hydrogen (secondary N) is 3. The quantitative estimate of drug-likeness (QED) is 0.287. The molecule has 0 saturated carbocycles. The summed E-state index contributed by atoms with van der Waals surface area (Å²) in [5, 5.41) is 6.58. The van der Waals surface area contributed by atoms with Gasteiger partial charge in [-0.15, -0.1) is 11.3 Å². The van der Waals surface area contributed by atoms with Gasteiger partial charge in [0.2, 0.25) is 11.8 Å². The normalized spacial score (nSPS) is 15.7. The van der Waals surface area contributed by atoms with Gasteiger partial charge in [0.15, 0.2) is 9.50 Å². The third-order valence-corrected chi connectivity index (χ3v) is 8.27. The van der Waals surface area contributed by atoms with E-state index < -0.39 is 0 Å². The lowest BCUT2D eigenvalue weighted by atomic mass is 10.2. The number of imidazole rings is 1. The van der Waals surface area contributed by atoms with Gasteiger partial charge < -0.3 is 20.4 Å². The first kappa shape index (κ1) is 23.2. The van der Waals surface area contributed by atoms with Crippen molar-refractivity contribution in [3.63, 3.8) is 0 Å². The second-order valence-electron chi connectivity index (χ2n) is 7.79. The zero-order chi connectivity index (χ0) is 23.3. The first-order valence-electron chi connectivity index (χ1n) is 10.9. The third kappa shape index (κ3) is 5.90. The Morgan fingerprint density at radius 1 is 1.09 bits per heavy atom. The van der Waals surface area contributed by atoms with Gasteiger partial charge in [-0.1, -0.05) is 35.7 Å². The number of rotatable bonds is 9. The highest BCUT2D eigenvalue weighted by atomic mass is 32.2. The van der Waals surface area contributed by atoms with Crippen LogP contribution in [-0.2, 0) is 14.3 Å². The lowest BCUT2D eigenvalue weighted by Gasteiger charge is -2.09. The number of carbonyl (C=O) groups is 2. The Balaban J connectivity index is 1.11. The van der Waals surface area contributed by atoms with E-state index >= 15 is 0 Å². The number of fused-ring (bicyclic) bond motifs is 2. The summed E-state index contributed by atoms with van der Waals surface area (Å²) in [6.07, 6.45) is 2.20. The van der Waals surface area contributed by atoms with Gasteiger partial charge >= 0.3 is 0 Å². The third-order valence-electron chi connectivity index (χ3n) is 5.24. The Hall–Kier alpha value is -2.60. The van der Waals surface area contributed by atoms with E-state index in [0.717, 1.165) is 55.9 Å². The topological polar surface area (TPSA) is 109 Å². The van der Waals surface area contributed by atoms with Gasteiger partial charge in [0, 0.05) is 18.8 Å². The van der Waals surface area contributed by atoms with Crippen LogP contribution in [0.1, 0.15) is 12.8 Å². The molecule has 4 aromatic rings. The summed E-state index contributed by atoms with van der Waals surface area (Å²) in [5.74, 6) is 0.444. The molecule has 0 aliphatic carbocycles. The fourth-order valence-corrected chi connectivity index (χ4v) is 6.21. The number of benzene rings is 2. The van der Waals surface area contributed by atoms with Crippen LogP contribution in [0, 0.1) is 0 Å². The van der Waals surface area contributed by atoms with Crippen molar-refractivity contribution in [3.05, 3.63) is 42.5 Å². The molecule has 0 spiro atoms. The predicted molar refractivity (Wildman–Crippen MR) is 138 cm³/mol. The van der Waals surface area contributed by atoms with E-state index in [2.05, 4.69) is 25.6 Å². The van der Waals surface area contributed by atoms with Crippen molar-refractivity contribution >= 4 is 73.6 Å². The first-order valence-corrected chi connectivity index (χ1v) is 13.7. The number of thioether (sulfide) groups is 2. The molecule has 1 fully saturated rings. The second kappa shape index (κ2) is 10.8. The molecular formula is C23H23N5O3S3. The van der Waals surface area contributed by atoms with E-state index in [1.54, 1.807) is 0 Å². The number of thiazole rings is 1. The van der Waals surface area contributed by atoms with Crippen LogP contribution in [0.5, 0.6) is 0 Å². The molecule has 0 bridgehead atoms. The molecule has 8 nitrogen and oxygen atoms in total. The number of aromatic nitrogens is 3. The molecule has 2 amide bonds. The summed E-state index contributed by atoms with van der Waals surface area (Å²) in [6.45, 7) is 1.35. The standard InChI is InChI=1S/C23H23N5O3S3/c29-20(24-11-15-4-3-9-31-15)12-33-23-28-18-8-7-14(10-19(18)34-23)25-21(30)13-32-22-26-16-5-1-2-6-17(16)27-22/h1-2,5-8,10,15H,3-4,9,11-13H2,(H,24,29)(H,25,30)(H,26,27). The van der Waals surface area contributed by atoms with Crippen LogP contribution in [0.2, 0.25) is 0 Å². The minimum absolute atomic E-state index is 0.0188. The minimum Gasteiger partial charge on any atom is -0.376 e. The smallest absolute Gasteiger partial charge is 0.234 e. The summed E-state index contributed by atoms with van der Waals surface area (Å²) in [7, 11) is 0. The number of hydrogen-bond acceptors (Lipinski definition) is 8. The van der Waals surface area contributed by atoms with Crippen LogP contribution in [-0.4, -0.2) is 57.5 Å². The van der Waals surface area contributed by atoms with Crippen LogP contribution in [0.15, 0.2) is 52.0 Å². The fourth-order valence-electron chi connectivity index (χ4n) is 3.58. The molecule has 0 radical (unpaired) electrons. The fraction of sp³-hybridized carbons (Fsp3) is 0.304. The molecular weight excluding hydrogens is 490 g/mol. The Morgan fingerprint density at radius 3 is 2.82 bits per heavy atom. The summed E-state index contributed by atoms with van der Waals surface area (Å²) < 4.78 is 7.32. The van der Waals surface area contributed by atoms with Gasteiger partial charge in [0.05, 0.1) is 38.9 Å². The van der Waals surface area contributed by atoms with Crippen LogP contribution in [0.3, 0.4) is 0 Å². The monoisotopic (exact) mass is 513 g/mol. The van der Waals surface area contributed by atoms with Crippen molar-refractivity contribution in [1.82, 2.24) is 20.3 Å². The Morgan fingerprint density at radius 2 is 1.97 bits per heavy atom. The number of carbonyl (C=O) groups excluding carboxylic acids is 2. The molecule has 3 heterocycles. The number of para-hydroxylation sites is 2. The molecule has 5 rings (SSSR count). The van der Waals surface area contributed by atoms with Crippen molar-refractivity contribution in [2.75, 3.05) is 30.0 Å². The van der Waals surface area contributed by atoms with E-state index in [1.807, 2.05) is 42.5 Å². The molecule has 1 saturated heterocycles. The van der Waals surface area contributed by atoms with Gasteiger partial charge in [0.1, 0.15) is 0 Å². The van der Waals surface area contributed by atoms with Crippen LogP contribution >= 0.6 is 34.9 Å². The average Bonchev–Trinajstić information content (AvgIpc) is 3.59. The molecule has 2 aromatic carbocycles. The summed E-state index contributed by atoms with van der Waals surface area (Å²) in [4.78, 5) is 36.8. The van der Waals surface area contributed by atoms with Crippen LogP contribution < -0.4 is 10.6 Å². The van der Waals surface area contributed by atoms with Gasteiger partial charge in [-0.3, -0.25) is 9.59 Å². The molecule has 11 heteroatoms. The zero-order valence-corrected chi connectivity index (χ0v) is 20.7. The maximum atomic E-state index is 12.4.